The summed E-state index contributed by atoms with van der Waals surface area (Å²) in [5, 5.41) is 2.34. The first kappa shape index (κ1) is 27.3. The van der Waals surface area contributed by atoms with E-state index in [1.807, 2.05) is 18.2 Å². The molecule has 0 bridgehead atoms. The van der Waals surface area contributed by atoms with Crippen molar-refractivity contribution in [2.75, 3.05) is 0 Å². The second-order valence-corrected chi connectivity index (χ2v) is 13.1. The van der Waals surface area contributed by atoms with Crippen molar-refractivity contribution in [1.82, 2.24) is 19.5 Å². The fourth-order valence-electron chi connectivity index (χ4n) is 8.77. The number of rotatable bonds is 3. The highest BCUT2D eigenvalue weighted by molar-refractivity contribution is 6.09. The van der Waals surface area contributed by atoms with Crippen molar-refractivity contribution in [3.05, 3.63) is 192 Å². The lowest BCUT2D eigenvalue weighted by Gasteiger charge is -2.30. The summed E-state index contributed by atoms with van der Waals surface area (Å²) >= 11 is 0. The normalized spacial score (nSPS) is 13.4. The van der Waals surface area contributed by atoms with Crippen LogP contribution in [-0.4, -0.2) is 19.5 Å². The largest absolute Gasteiger partial charge is 0.278 e. The Morgan fingerprint density at radius 1 is 0.360 bits per heavy atom. The molecule has 0 unspecified atom stereocenters. The third-order valence-electron chi connectivity index (χ3n) is 10.7. The summed E-state index contributed by atoms with van der Waals surface area (Å²) in [5.74, 6) is 1.89. The van der Waals surface area contributed by atoms with E-state index >= 15 is 0 Å². The topological polar surface area (TPSA) is 43.6 Å². The summed E-state index contributed by atoms with van der Waals surface area (Å²) in [7, 11) is 0. The molecule has 4 nitrogen and oxygen atoms in total. The van der Waals surface area contributed by atoms with Crippen molar-refractivity contribution in [2.24, 2.45) is 0 Å². The molecule has 0 amide bonds. The molecule has 2 heterocycles. The van der Waals surface area contributed by atoms with Gasteiger partial charge in [0.15, 0.2) is 11.6 Å². The SMILES string of the molecule is c1ccc(-c2nc(-c3cccc4c3-c3ccccc3C43c4ccccc4-c4ccccc43)nc(-n3c4ccccc4c4ccccc43)n2)cc1. The van der Waals surface area contributed by atoms with Crippen molar-refractivity contribution < 1.29 is 0 Å². The number of hydrogen-bond donors (Lipinski definition) is 0. The van der Waals surface area contributed by atoms with Gasteiger partial charge in [-0.05, 0) is 56.6 Å². The highest BCUT2D eigenvalue weighted by atomic mass is 15.2. The highest BCUT2D eigenvalue weighted by Gasteiger charge is 2.52. The molecule has 232 valence electrons. The Morgan fingerprint density at radius 2 is 0.840 bits per heavy atom. The zero-order valence-electron chi connectivity index (χ0n) is 27.0. The lowest BCUT2D eigenvalue weighted by atomic mass is 9.70. The van der Waals surface area contributed by atoms with E-state index in [1.54, 1.807) is 0 Å². The number of benzene rings is 7. The molecule has 9 aromatic rings. The van der Waals surface area contributed by atoms with Crippen LogP contribution in [0.3, 0.4) is 0 Å². The molecule has 50 heavy (non-hydrogen) atoms. The zero-order valence-corrected chi connectivity index (χ0v) is 27.0. The van der Waals surface area contributed by atoms with E-state index in [9.17, 15) is 0 Å². The molecule has 0 aliphatic heterocycles. The van der Waals surface area contributed by atoms with Gasteiger partial charge in [-0.25, -0.2) is 4.98 Å². The predicted molar refractivity (Wildman–Crippen MR) is 201 cm³/mol. The Bertz CT molecular complexity index is 2730. The van der Waals surface area contributed by atoms with Crippen LogP contribution in [0, 0.1) is 0 Å². The molecule has 2 aliphatic rings. The molecule has 0 saturated carbocycles. The summed E-state index contributed by atoms with van der Waals surface area (Å²) in [6, 6.07) is 60.6. The number of para-hydroxylation sites is 2. The average molecular weight is 637 g/mol. The van der Waals surface area contributed by atoms with Gasteiger partial charge in [0.05, 0.1) is 16.4 Å². The number of aromatic nitrogens is 4. The molecule has 0 fully saturated rings. The van der Waals surface area contributed by atoms with Crippen molar-refractivity contribution in [2.45, 2.75) is 5.41 Å². The van der Waals surface area contributed by atoms with E-state index in [0.29, 0.717) is 17.6 Å². The molecule has 0 atom stereocenters. The minimum atomic E-state index is -0.444. The van der Waals surface area contributed by atoms with Crippen LogP contribution in [0.25, 0.3) is 72.8 Å². The van der Waals surface area contributed by atoms with E-state index in [0.717, 1.165) is 22.2 Å². The Labute approximate surface area is 289 Å². The number of nitrogens with zero attached hydrogens (tertiary/aromatic N) is 4. The number of fused-ring (bicyclic) bond motifs is 13. The van der Waals surface area contributed by atoms with Gasteiger partial charge < -0.3 is 0 Å². The Hall–Kier alpha value is -6.65. The van der Waals surface area contributed by atoms with Crippen molar-refractivity contribution in [3.8, 4) is 51.0 Å². The molecule has 2 aliphatic carbocycles. The van der Waals surface area contributed by atoms with E-state index in [-0.39, 0.29) is 0 Å². The van der Waals surface area contributed by atoms with Crippen molar-refractivity contribution in [3.63, 3.8) is 0 Å². The average Bonchev–Trinajstić information content (AvgIpc) is 3.80. The van der Waals surface area contributed by atoms with Crippen LogP contribution in [0.15, 0.2) is 170 Å². The van der Waals surface area contributed by atoms with E-state index in [1.165, 1.54) is 55.3 Å². The summed E-state index contributed by atoms with van der Waals surface area (Å²) in [5.41, 5.74) is 13.8. The monoisotopic (exact) mass is 636 g/mol. The number of hydrogen-bond acceptors (Lipinski definition) is 3. The predicted octanol–water partition coefficient (Wildman–Crippen LogP) is 10.6. The summed E-state index contributed by atoms with van der Waals surface area (Å²) < 4.78 is 2.18. The third-order valence-corrected chi connectivity index (χ3v) is 10.7. The Balaban J connectivity index is 1.24. The van der Waals surface area contributed by atoms with Gasteiger partial charge in [-0.2, -0.15) is 9.97 Å². The van der Waals surface area contributed by atoms with Gasteiger partial charge in [-0.15, -0.1) is 0 Å². The Morgan fingerprint density at radius 3 is 1.50 bits per heavy atom. The van der Waals surface area contributed by atoms with Crippen LogP contribution in [-0.2, 0) is 5.41 Å². The maximum Gasteiger partial charge on any atom is 0.238 e. The van der Waals surface area contributed by atoms with Crippen molar-refractivity contribution >= 4 is 21.8 Å². The van der Waals surface area contributed by atoms with Crippen LogP contribution in [0.1, 0.15) is 22.3 Å². The first-order valence-corrected chi connectivity index (χ1v) is 17.1. The molecule has 1 spiro atoms. The zero-order chi connectivity index (χ0) is 32.8. The minimum Gasteiger partial charge on any atom is -0.278 e. The highest BCUT2D eigenvalue weighted by Crippen LogP contribution is 2.63. The first-order chi connectivity index (χ1) is 24.8. The van der Waals surface area contributed by atoms with Gasteiger partial charge in [-0.1, -0.05) is 158 Å². The molecular formula is C46H28N4. The molecular weight excluding hydrogens is 609 g/mol. The summed E-state index contributed by atoms with van der Waals surface area (Å²) in [4.78, 5) is 15.8. The van der Waals surface area contributed by atoms with E-state index < -0.39 is 5.41 Å². The fourth-order valence-corrected chi connectivity index (χ4v) is 8.77. The van der Waals surface area contributed by atoms with Gasteiger partial charge in [0, 0.05) is 21.9 Å². The maximum atomic E-state index is 5.37. The van der Waals surface area contributed by atoms with Crippen LogP contribution < -0.4 is 0 Å². The third kappa shape index (κ3) is 3.52. The Kier molecular flexibility index (Phi) is 5.56. The molecule has 11 rings (SSSR count). The molecule has 0 N–H and O–H groups in total. The van der Waals surface area contributed by atoms with Gasteiger partial charge in [0.25, 0.3) is 0 Å². The van der Waals surface area contributed by atoms with Crippen LogP contribution >= 0.6 is 0 Å². The standard InChI is InChI=1S/C46H28N4/c1-2-15-29(16-3-1)43-47-44(49-45(48-43)50-40-27-12-7-19-32(40)33-20-8-13-28-41(33)50)35-22-14-26-39-42(35)34-21-6-11-25-38(34)46(39)36-23-9-4-17-30(36)31-18-5-10-24-37(31)46/h1-28H. The molecule has 0 saturated heterocycles. The lowest BCUT2D eigenvalue weighted by Crippen LogP contribution is -2.25. The quantitative estimate of drug-likeness (QED) is 0.194. The maximum absolute atomic E-state index is 5.37. The smallest absolute Gasteiger partial charge is 0.238 e. The van der Waals surface area contributed by atoms with Gasteiger partial charge >= 0.3 is 0 Å². The fraction of sp³-hybridized carbons (Fsp3) is 0.0217. The van der Waals surface area contributed by atoms with Gasteiger partial charge in [0.1, 0.15) is 0 Å². The van der Waals surface area contributed by atoms with Gasteiger partial charge in [0.2, 0.25) is 5.95 Å². The first-order valence-electron chi connectivity index (χ1n) is 17.1. The lowest BCUT2D eigenvalue weighted by molar-refractivity contribution is 0.794. The van der Waals surface area contributed by atoms with Crippen molar-refractivity contribution in [1.29, 1.82) is 0 Å². The molecule has 2 aromatic heterocycles. The van der Waals surface area contributed by atoms with E-state index in [2.05, 4.69) is 156 Å². The summed E-state index contributed by atoms with van der Waals surface area (Å²) in [6.07, 6.45) is 0. The molecule has 4 heteroatoms. The van der Waals surface area contributed by atoms with Crippen LogP contribution in [0.4, 0.5) is 0 Å². The second kappa shape index (κ2) is 10.2. The second-order valence-electron chi connectivity index (χ2n) is 13.1. The van der Waals surface area contributed by atoms with E-state index in [4.69, 9.17) is 15.0 Å². The molecule has 0 radical (unpaired) electrons. The minimum absolute atomic E-state index is 0.444. The van der Waals surface area contributed by atoms with Crippen LogP contribution in [0.5, 0.6) is 0 Å². The summed E-state index contributed by atoms with van der Waals surface area (Å²) in [6.45, 7) is 0. The van der Waals surface area contributed by atoms with Crippen LogP contribution in [0.2, 0.25) is 0 Å². The molecule has 7 aromatic carbocycles. The van der Waals surface area contributed by atoms with Gasteiger partial charge in [-0.3, -0.25) is 4.57 Å².